The number of nitrogens with zero attached hydrogens (tertiary/aromatic N) is 4. The summed E-state index contributed by atoms with van der Waals surface area (Å²) in [5.41, 5.74) is 8.91. The van der Waals surface area contributed by atoms with Gasteiger partial charge in [0.2, 0.25) is 0 Å². The lowest BCUT2D eigenvalue weighted by Gasteiger charge is -2.40. The maximum Gasteiger partial charge on any atom is 0.267 e. The highest BCUT2D eigenvalue weighted by Gasteiger charge is 2.37. The predicted octanol–water partition coefficient (Wildman–Crippen LogP) is 3.81. The minimum atomic E-state index is -0.109. The van der Waals surface area contributed by atoms with Gasteiger partial charge in [0.1, 0.15) is 5.82 Å². The van der Waals surface area contributed by atoms with Crippen LogP contribution in [0, 0.1) is 0 Å². The molecular formula is C26H30ClN5O2. The molecule has 8 heteroatoms. The van der Waals surface area contributed by atoms with Crippen molar-refractivity contribution in [3.63, 3.8) is 0 Å². The van der Waals surface area contributed by atoms with Crippen molar-refractivity contribution in [1.82, 2.24) is 14.8 Å². The second-order valence-electron chi connectivity index (χ2n) is 9.23. The molecule has 5 rings (SSSR count). The van der Waals surface area contributed by atoms with Gasteiger partial charge in [-0.05, 0) is 61.6 Å². The number of aromatic nitrogens is 3. The quantitative estimate of drug-likeness (QED) is 0.599. The fraction of sp³-hybridized carbons (Fsp3) is 0.423. The van der Waals surface area contributed by atoms with Gasteiger partial charge in [0.05, 0.1) is 24.9 Å². The third kappa shape index (κ3) is 4.60. The highest BCUT2D eigenvalue weighted by Crippen LogP contribution is 2.42. The molecule has 3 heterocycles. The zero-order valence-electron chi connectivity index (χ0n) is 19.2. The second-order valence-corrected chi connectivity index (χ2v) is 9.67. The lowest BCUT2D eigenvalue weighted by atomic mass is 9.68. The topological polar surface area (TPSA) is 86.3 Å². The maximum absolute atomic E-state index is 12.7. The Hall–Kier alpha value is -2.74. The van der Waals surface area contributed by atoms with Crippen molar-refractivity contribution < 1.29 is 4.74 Å². The Kier molecular flexibility index (Phi) is 6.68. The molecule has 178 valence electrons. The molecule has 7 nitrogen and oxygen atoms in total. The van der Waals surface area contributed by atoms with E-state index in [2.05, 4.69) is 16.0 Å². The minimum Gasteiger partial charge on any atom is -0.378 e. The van der Waals surface area contributed by atoms with Crippen molar-refractivity contribution in [3.05, 3.63) is 75.7 Å². The second kappa shape index (κ2) is 9.86. The molecule has 2 aliphatic rings. The van der Waals surface area contributed by atoms with Crippen molar-refractivity contribution >= 4 is 17.4 Å². The lowest BCUT2D eigenvalue weighted by molar-refractivity contribution is 0.122. The molecule has 0 spiro atoms. The molecule has 0 amide bonds. The van der Waals surface area contributed by atoms with Gasteiger partial charge in [0.25, 0.3) is 5.56 Å². The van der Waals surface area contributed by atoms with E-state index in [4.69, 9.17) is 27.2 Å². The van der Waals surface area contributed by atoms with Crippen LogP contribution in [0.3, 0.4) is 0 Å². The Bertz CT molecular complexity index is 1180. The first-order valence-corrected chi connectivity index (χ1v) is 12.3. The Morgan fingerprint density at radius 3 is 2.56 bits per heavy atom. The summed E-state index contributed by atoms with van der Waals surface area (Å²) in [5.74, 6) is 0.937. The fourth-order valence-corrected chi connectivity index (χ4v) is 5.38. The molecule has 0 radical (unpaired) electrons. The van der Waals surface area contributed by atoms with Crippen LogP contribution in [-0.4, -0.2) is 47.6 Å². The number of nitrogens with two attached hydrogens (primary N) is 1. The van der Waals surface area contributed by atoms with Gasteiger partial charge < -0.3 is 15.4 Å². The summed E-state index contributed by atoms with van der Waals surface area (Å²) in [5, 5.41) is 5.48. The molecule has 2 N–H and O–H groups in total. The smallest absolute Gasteiger partial charge is 0.267 e. The van der Waals surface area contributed by atoms with Gasteiger partial charge >= 0.3 is 0 Å². The summed E-state index contributed by atoms with van der Waals surface area (Å²) in [7, 11) is 0. The number of pyridine rings is 1. The van der Waals surface area contributed by atoms with Crippen LogP contribution < -0.4 is 16.2 Å². The molecule has 1 saturated carbocycles. The van der Waals surface area contributed by atoms with E-state index in [1.165, 1.54) is 5.56 Å². The largest absolute Gasteiger partial charge is 0.378 e. The van der Waals surface area contributed by atoms with Gasteiger partial charge in [-0.15, -0.1) is 0 Å². The average Bonchev–Trinajstić information content (AvgIpc) is 2.90. The first-order valence-electron chi connectivity index (χ1n) is 11.9. The number of anilines is 1. The number of hydrogen-bond acceptors (Lipinski definition) is 6. The van der Waals surface area contributed by atoms with Crippen molar-refractivity contribution in [3.8, 4) is 11.3 Å². The molecular weight excluding hydrogens is 450 g/mol. The molecule has 3 aromatic rings. The van der Waals surface area contributed by atoms with Crippen LogP contribution in [0.25, 0.3) is 11.3 Å². The summed E-state index contributed by atoms with van der Waals surface area (Å²) >= 11 is 6.25. The molecule has 1 aliphatic carbocycles. The van der Waals surface area contributed by atoms with Gasteiger partial charge in [-0.25, -0.2) is 9.67 Å². The third-order valence-corrected chi connectivity index (χ3v) is 7.52. The molecule has 2 aromatic heterocycles. The molecule has 1 aromatic carbocycles. The summed E-state index contributed by atoms with van der Waals surface area (Å²) in [6.07, 6.45) is 5.30. The summed E-state index contributed by atoms with van der Waals surface area (Å²) in [4.78, 5) is 19.6. The van der Waals surface area contributed by atoms with Crippen LogP contribution in [0.4, 0.5) is 5.82 Å². The van der Waals surface area contributed by atoms with Crippen LogP contribution in [-0.2, 0) is 10.2 Å². The highest BCUT2D eigenvalue weighted by molar-refractivity contribution is 6.30. The average molecular weight is 480 g/mol. The molecule has 1 saturated heterocycles. The molecule has 1 aliphatic heterocycles. The monoisotopic (exact) mass is 479 g/mol. The molecule has 0 atom stereocenters. The van der Waals surface area contributed by atoms with Crippen LogP contribution in [0.5, 0.6) is 0 Å². The first-order chi connectivity index (χ1) is 16.6. The van der Waals surface area contributed by atoms with Gasteiger partial charge in [0, 0.05) is 47.9 Å². The molecule has 0 unspecified atom stereocenters. The number of rotatable bonds is 5. The van der Waals surface area contributed by atoms with Gasteiger partial charge in [-0.3, -0.25) is 4.79 Å². The van der Waals surface area contributed by atoms with Crippen LogP contribution in [0.1, 0.15) is 37.3 Å². The van der Waals surface area contributed by atoms with Crippen molar-refractivity contribution in [2.24, 2.45) is 5.73 Å². The number of benzene rings is 1. The van der Waals surface area contributed by atoms with Crippen LogP contribution in [0.15, 0.2) is 59.5 Å². The zero-order chi connectivity index (χ0) is 23.5. The lowest BCUT2D eigenvalue weighted by Crippen LogP contribution is -2.41. The number of halogens is 1. The SMILES string of the molecule is NC[C@]1(c2cccc(Cl)c2)CC[C@H](n2nc(-c3ccc(N4CCOCC4)nc3)ccc2=O)CC1. The van der Waals surface area contributed by atoms with E-state index < -0.39 is 0 Å². The van der Waals surface area contributed by atoms with Crippen molar-refractivity contribution in [1.29, 1.82) is 0 Å². The van der Waals surface area contributed by atoms with Gasteiger partial charge in [0.15, 0.2) is 0 Å². The van der Waals surface area contributed by atoms with E-state index in [1.54, 1.807) is 16.8 Å². The number of ether oxygens (including phenoxy) is 1. The third-order valence-electron chi connectivity index (χ3n) is 7.29. The molecule has 34 heavy (non-hydrogen) atoms. The van der Waals surface area contributed by atoms with Crippen LogP contribution in [0.2, 0.25) is 5.02 Å². The van der Waals surface area contributed by atoms with E-state index in [-0.39, 0.29) is 17.0 Å². The number of hydrogen-bond donors (Lipinski definition) is 1. The normalized spacial score (nSPS) is 23.1. The first kappa shape index (κ1) is 23.0. The Balaban J connectivity index is 1.34. The van der Waals surface area contributed by atoms with E-state index in [0.717, 1.165) is 74.1 Å². The number of morpholine rings is 1. The predicted molar refractivity (Wildman–Crippen MR) is 134 cm³/mol. The Labute approximate surface area is 204 Å². The van der Waals surface area contributed by atoms with E-state index in [1.807, 2.05) is 36.5 Å². The van der Waals surface area contributed by atoms with E-state index in [9.17, 15) is 4.79 Å². The Morgan fingerprint density at radius 2 is 1.88 bits per heavy atom. The van der Waals surface area contributed by atoms with Gasteiger partial charge in [-0.2, -0.15) is 5.10 Å². The van der Waals surface area contributed by atoms with E-state index in [0.29, 0.717) is 6.54 Å². The van der Waals surface area contributed by atoms with Gasteiger partial charge in [-0.1, -0.05) is 23.7 Å². The summed E-state index contributed by atoms with van der Waals surface area (Å²) in [6, 6.07) is 15.5. The molecule has 0 bridgehead atoms. The summed E-state index contributed by atoms with van der Waals surface area (Å²) in [6.45, 7) is 3.69. The van der Waals surface area contributed by atoms with E-state index >= 15 is 0 Å². The fourth-order valence-electron chi connectivity index (χ4n) is 5.19. The van der Waals surface area contributed by atoms with Crippen molar-refractivity contribution in [2.45, 2.75) is 37.1 Å². The molecule has 2 fully saturated rings. The minimum absolute atomic E-state index is 0.0480. The standard InChI is InChI=1S/C26H30ClN5O2/c27-21-3-1-2-20(16-21)26(18-28)10-8-22(9-11-26)32-25(33)7-5-23(30-32)19-4-6-24(29-17-19)31-12-14-34-15-13-31/h1-7,16-17,22H,8-15,18,28H2/t22-,26-. The maximum atomic E-state index is 12.7. The Morgan fingerprint density at radius 1 is 1.09 bits per heavy atom. The summed E-state index contributed by atoms with van der Waals surface area (Å²) < 4.78 is 7.08. The highest BCUT2D eigenvalue weighted by atomic mass is 35.5. The zero-order valence-corrected chi connectivity index (χ0v) is 20.0. The van der Waals surface area contributed by atoms with Crippen LogP contribution >= 0.6 is 11.6 Å². The van der Waals surface area contributed by atoms with Crippen molar-refractivity contribution in [2.75, 3.05) is 37.7 Å².